The lowest BCUT2D eigenvalue weighted by Crippen LogP contribution is -2.41. The molecule has 1 atom stereocenters. The summed E-state index contributed by atoms with van der Waals surface area (Å²) in [6.45, 7) is 4.46. The topological polar surface area (TPSA) is 74.3 Å². The molecule has 1 unspecified atom stereocenters. The van der Waals surface area contributed by atoms with Gasteiger partial charge in [0.1, 0.15) is 0 Å². The molecule has 0 saturated heterocycles. The molecule has 1 heterocycles. The number of rotatable bonds is 6. The molecule has 0 saturated carbocycles. The number of aryl methyl sites for hydroxylation is 2. The van der Waals surface area contributed by atoms with Crippen LogP contribution in [0.1, 0.15) is 34.7 Å². The summed E-state index contributed by atoms with van der Waals surface area (Å²) in [5, 5.41) is 5.61. The van der Waals surface area contributed by atoms with Crippen molar-refractivity contribution in [1.29, 1.82) is 0 Å². The van der Waals surface area contributed by atoms with Crippen LogP contribution in [0.2, 0.25) is 0 Å². The number of amides is 3. The van der Waals surface area contributed by atoms with Crippen LogP contribution in [0.5, 0.6) is 0 Å². The van der Waals surface area contributed by atoms with Gasteiger partial charge in [0, 0.05) is 39.5 Å². The van der Waals surface area contributed by atoms with Gasteiger partial charge in [0.15, 0.2) is 0 Å². The third kappa shape index (κ3) is 5.05. The van der Waals surface area contributed by atoms with Crippen molar-refractivity contribution in [3.8, 4) is 0 Å². The molecule has 3 amide bonds. The molecule has 2 N–H and O–H groups in total. The van der Waals surface area contributed by atoms with Gasteiger partial charge in [-0.1, -0.05) is 24.3 Å². The van der Waals surface area contributed by atoms with E-state index in [2.05, 4.69) is 41.6 Å². The van der Waals surface area contributed by atoms with E-state index < -0.39 is 0 Å². The quantitative estimate of drug-likeness (QED) is 0.837. The van der Waals surface area contributed by atoms with Gasteiger partial charge in [0.05, 0.1) is 6.04 Å². The fourth-order valence-electron chi connectivity index (χ4n) is 2.58. The molecule has 2 aromatic rings. The van der Waals surface area contributed by atoms with Gasteiger partial charge in [-0.05, 0) is 42.2 Å². The molecule has 0 aliphatic carbocycles. The lowest BCUT2D eigenvalue weighted by atomic mass is 9.96. The molecule has 6 nitrogen and oxygen atoms in total. The van der Waals surface area contributed by atoms with Gasteiger partial charge in [-0.2, -0.15) is 0 Å². The Morgan fingerprint density at radius 2 is 1.92 bits per heavy atom. The first kappa shape index (κ1) is 19.4. The summed E-state index contributed by atoms with van der Waals surface area (Å²) < 4.78 is 0. The first-order chi connectivity index (χ1) is 12.4. The number of pyridine rings is 1. The Bertz CT molecular complexity index is 762. The van der Waals surface area contributed by atoms with E-state index in [1.165, 1.54) is 16.0 Å². The first-order valence-corrected chi connectivity index (χ1v) is 8.61. The smallest absolute Gasteiger partial charge is 0.317 e. The SMILES string of the molecule is CNC(=O)CCN(C)C(=O)NC(c1cccnc1)c1ccc(C)c(C)c1. The fraction of sp³-hybridized carbons (Fsp3) is 0.350. The number of benzene rings is 1. The van der Waals surface area contributed by atoms with Gasteiger partial charge >= 0.3 is 6.03 Å². The second kappa shape index (κ2) is 8.99. The Morgan fingerprint density at radius 3 is 2.54 bits per heavy atom. The predicted octanol–water partition coefficient (Wildman–Crippen LogP) is 2.57. The molecule has 1 aromatic heterocycles. The molecule has 0 bridgehead atoms. The number of aromatic nitrogens is 1. The average molecular weight is 354 g/mol. The molecule has 0 fully saturated rings. The van der Waals surface area contributed by atoms with Crippen molar-refractivity contribution in [2.45, 2.75) is 26.3 Å². The molecular formula is C20H26N4O2. The van der Waals surface area contributed by atoms with Gasteiger partial charge in [-0.3, -0.25) is 9.78 Å². The van der Waals surface area contributed by atoms with Gasteiger partial charge in [-0.15, -0.1) is 0 Å². The van der Waals surface area contributed by atoms with Crippen LogP contribution in [0.4, 0.5) is 4.79 Å². The number of nitrogens with one attached hydrogen (secondary N) is 2. The third-order valence-electron chi connectivity index (χ3n) is 4.45. The van der Waals surface area contributed by atoms with Crippen molar-refractivity contribution in [2.24, 2.45) is 0 Å². The van der Waals surface area contributed by atoms with Crippen molar-refractivity contribution in [3.63, 3.8) is 0 Å². The average Bonchev–Trinajstić information content (AvgIpc) is 2.66. The normalized spacial score (nSPS) is 11.5. The molecular weight excluding hydrogens is 328 g/mol. The minimum atomic E-state index is -0.307. The van der Waals surface area contributed by atoms with Crippen molar-refractivity contribution in [1.82, 2.24) is 20.5 Å². The molecule has 2 rings (SSSR count). The highest BCUT2D eigenvalue weighted by atomic mass is 16.2. The zero-order chi connectivity index (χ0) is 19.1. The lowest BCUT2D eigenvalue weighted by Gasteiger charge is -2.24. The summed E-state index contributed by atoms with van der Waals surface area (Å²) in [5.74, 6) is -0.0948. The van der Waals surface area contributed by atoms with E-state index in [4.69, 9.17) is 0 Å². The van der Waals surface area contributed by atoms with E-state index >= 15 is 0 Å². The molecule has 0 radical (unpaired) electrons. The van der Waals surface area contributed by atoms with Crippen LogP contribution in [0.25, 0.3) is 0 Å². The second-order valence-electron chi connectivity index (χ2n) is 6.36. The minimum Gasteiger partial charge on any atom is -0.359 e. The molecule has 1 aromatic carbocycles. The number of carbonyl (C=O) groups is 2. The Balaban J connectivity index is 2.20. The van der Waals surface area contributed by atoms with Crippen molar-refractivity contribution in [2.75, 3.05) is 20.6 Å². The van der Waals surface area contributed by atoms with E-state index in [0.29, 0.717) is 6.54 Å². The molecule has 0 spiro atoms. The monoisotopic (exact) mass is 354 g/mol. The van der Waals surface area contributed by atoms with Gasteiger partial charge < -0.3 is 15.5 Å². The summed E-state index contributed by atoms with van der Waals surface area (Å²) >= 11 is 0. The van der Waals surface area contributed by atoms with Gasteiger partial charge in [0.2, 0.25) is 5.91 Å². The van der Waals surface area contributed by atoms with E-state index in [9.17, 15) is 9.59 Å². The van der Waals surface area contributed by atoms with E-state index in [1.807, 2.05) is 18.2 Å². The van der Waals surface area contributed by atoms with E-state index in [0.717, 1.165) is 11.1 Å². The molecule has 0 aliphatic rings. The molecule has 26 heavy (non-hydrogen) atoms. The first-order valence-electron chi connectivity index (χ1n) is 8.61. The van der Waals surface area contributed by atoms with Crippen LogP contribution >= 0.6 is 0 Å². The van der Waals surface area contributed by atoms with Crippen LogP contribution in [-0.2, 0) is 4.79 Å². The summed E-state index contributed by atoms with van der Waals surface area (Å²) in [6.07, 6.45) is 3.73. The van der Waals surface area contributed by atoms with Crippen molar-refractivity contribution < 1.29 is 9.59 Å². The maximum Gasteiger partial charge on any atom is 0.317 e. The minimum absolute atomic E-state index is 0.0948. The summed E-state index contributed by atoms with van der Waals surface area (Å²) in [7, 11) is 3.26. The van der Waals surface area contributed by atoms with Crippen LogP contribution in [0.15, 0.2) is 42.7 Å². The Labute approximate surface area is 154 Å². The molecule has 0 aliphatic heterocycles. The highest BCUT2D eigenvalue weighted by molar-refractivity contribution is 5.78. The van der Waals surface area contributed by atoms with Crippen LogP contribution in [-0.4, -0.2) is 42.5 Å². The molecule has 6 heteroatoms. The van der Waals surface area contributed by atoms with Crippen LogP contribution in [0.3, 0.4) is 0 Å². The zero-order valence-electron chi connectivity index (χ0n) is 15.7. The highest BCUT2D eigenvalue weighted by Crippen LogP contribution is 2.23. The Morgan fingerprint density at radius 1 is 1.15 bits per heavy atom. The van der Waals surface area contributed by atoms with Gasteiger partial charge in [0.25, 0.3) is 0 Å². The van der Waals surface area contributed by atoms with E-state index in [-0.39, 0.29) is 24.4 Å². The van der Waals surface area contributed by atoms with E-state index in [1.54, 1.807) is 26.5 Å². The largest absolute Gasteiger partial charge is 0.359 e. The number of nitrogens with zero attached hydrogens (tertiary/aromatic N) is 2. The van der Waals surface area contributed by atoms with Gasteiger partial charge in [-0.25, -0.2) is 4.79 Å². The number of carbonyl (C=O) groups excluding carboxylic acids is 2. The number of hydrogen-bond donors (Lipinski definition) is 2. The highest BCUT2D eigenvalue weighted by Gasteiger charge is 2.20. The Hall–Kier alpha value is -2.89. The summed E-state index contributed by atoms with van der Waals surface area (Å²) in [4.78, 5) is 29.7. The summed E-state index contributed by atoms with van der Waals surface area (Å²) in [6, 6.07) is 9.40. The van der Waals surface area contributed by atoms with Crippen LogP contribution in [0, 0.1) is 13.8 Å². The fourth-order valence-corrected chi connectivity index (χ4v) is 2.58. The maximum absolute atomic E-state index is 12.6. The number of urea groups is 1. The van der Waals surface area contributed by atoms with Crippen molar-refractivity contribution >= 4 is 11.9 Å². The number of hydrogen-bond acceptors (Lipinski definition) is 3. The maximum atomic E-state index is 12.6. The predicted molar refractivity (Wildman–Crippen MR) is 102 cm³/mol. The zero-order valence-corrected chi connectivity index (χ0v) is 15.7. The second-order valence-corrected chi connectivity index (χ2v) is 6.36. The summed E-state index contributed by atoms with van der Waals surface area (Å²) in [5.41, 5.74) is 4.27. The lowest BCUT2D eigenvalue weighted by molar-refractivity contribution is -0.120. The van der Waals surface area contributed by atoms with Crippen LogP contribution < -0.4 is 10.6 Å². The standard InChI is InChI=1S/C20H26N4O2/c1-14-7-8-16(12-15(14)2)19(17-6-5-10-22-13-17)23-20(26)24(4)11-9-18(25)21-3/h5-8,10,12-13,19H,9,11H2,1-4H3,(H,21,25)(H,23,26). The third-order valence-corrected chi connectivity index (χ3v) is 4.45. The Kier molecular flexibility index (Phi) is 6.72. The molecule has 138 valence electrons. The van der Waals surface area contributed by atoms with Crippen molar-refractivity contribution in [3.05, 3.63) is 65.0 Å².